The number of ether oxygens (including phenoxy) is 1. The average Bonchev–Trinajstić information content (AvgIpc) is 2.46. The first-order valence-electron chi connectivity index (χ1n) is 5.67. The lowest BCUT2D eigenvalue weighted by Gasteiger charge is -2.06. The molecule has 0 aliphatic heterocycles. The van der Waals surface area contributed by atoms with Crippen LogP contribution in [-0.4, -0.2) is 11.0 Å². The lowest BCUT2D eigenvalue weighted by Crippen LogP contribution is -2.08. The zero-order chi connectivity index (χ0) is 14.5. The van der Waals surface area contributed by atoms with E-state index in [1.807, 2.05) is 6.07 Å². The van der Waals surface area contributed by atoms with Gasteiger partial charge < -0.3 is 10.5 Å². The summed E-state index contributed by atoms with van der Waals surface area (Å²) >= 11 is 0. The normalized spacial score (nSPS) is 9.80. The summed E-state index contributed by atoms with van der Waals surface area (Å²) in [5, 5.41) is 8.62. The quantitative estimate of drug-likeness (QED) is 0.863. The molecule has 0 bridgehead atoms. The second-order valence-electron chi connectivity index (χ2n) is 3.97. The molecule has 0 spiro atoms. The molecule has 0 saturated heterocycles. The Morgan fingerprint density at radius 1 is 1.40 bits per heavy atom. The van der Waals surface area contributed by atoms with E-state index >= 15 is 0 Å². The Morgan fingerprint density at radius 2 is 2.20 bits per heavy atom. The van der Waals surface area contributed by atoms with Gasteiger partial charge in [0.1, 0.15) is 18.1 Å². The molecule has 0 fully saturated rings. The molecule has 100 valence electrons. The third kappa shape index (κ3) is 3.09. The summed E-state index contributed by atoms with van der Waals surface area (Å²) in [4.78, 5) is 15.5. The van der Waals surface area contributed by atoms with Crippen molar-refractivity contribution in [3.63, 3.8) is 0 Å². The van der Waals surface area contributed by atoms with Gasteiger partial charge in [-0.3, -0.25) is 0 Å². The summed E-state index contributed by atoms with van der Waals surface area (Å²) in [6.07, 6.45) is 1.33. The SMILES string of the molecule is N#Cc1ccc(COC(=O)c2ccc(N)cn2)c(F)c1. The van der Waals surface area contributed by atoms with Crippen molar-refractivity contribution < 1.29 is 13.9 Å². The van der Waals surface area contributed by atoms with Crippen molar-refractivity contribution in [1.82, 2.24) is 4.98 Å². The van der Waals surface area contributed by atoms with Crippen LogP contribution >= 0.6 is 0 Å². The molecule has 20 heavy (non-hydrogen) atoms. The maximum atomic E-state index is 13.6. The van der Waals surface area contributed by atoms with Crippen LogP contribution in [0.4, 0.5) is 10.1 Å². The number of nitrogen functional groups attached to an aromatic ring is 1. The predicted molar refractivity (Wildman–Crippen MR) is 68.9 cm³/mol. The lowest BCUT2D eigenvalue weighted by atomic mass is 10.1. The van der Waals surface area contributed by atoms with Gasteiger partial charge in [-0.2, -0.15) is 5.26 Å². The van der Waals surface area contributed by atoms with Crippen LogP contribution in [0.2, 0.25) is 0 Å². The molecule has 1 aromatic carbocycles. The van der Waals surface area contributed by atoms with Gasteiger partial charge >= 0.3 is 5.97 Å². The highest BCUT2D eigenvalue weighted by molar-refractivity contribution is 5.87. The number of pyridine rings is 1. The molecule has 2 rings (SSSR count). The number of anilines is 1. The van der Waals surface area contributed by atoms with Gasteiger partial charge in [0, 0.05) is 5.56 Å². The third-order valence-corrected chi connectivity index (χ3v) is 2.54. The molecule has 0 aliphatic rings. The zero-order valence-corrected chi connectivity index (χ0v) is 10.3. The minimum Gasteiger partial charge on any atom is -0.456 e. The van der Waals surface area contributed by atoms with Crippen LogP contribution in [0.3, 0.4) is 0 Å². The van der Waals surface area contributed by atoms with Gasteiger partial charge in [-0.1, -0.05) is 6.07 Å². The van der Waals surface area contributed by atoms with Crippen molar-refractivity contribution in [3.05, 3.63) is 59.2 Å². The second kappa shape index (κ2) is 5.80. The smallest absolute Gasteiger partial charge is 0.357 e. The molecule has 1 aromatic heterocycles. The van der Waals surface area contributed by atoms with E-state index in [1.165, 1.54) is 30.5 Å². The van der Waals surface area contributed by atoms with E-state index in [0.29, 0.717) is 5.69 Å². The monoisotopic (exact) mass is 271 g/mol. The molecule has 2 N–H and O–H groups in total. The molecule has 0 aliphatic carbocycles. The van der Waals surface area contributed by atoms with E-state index in [1.54, 1.807) is 0 Å². The number of rotatable bonds is 3. The summed E-state index contributed by atoms with van der Waals surface area (Å²) in [5.74, 6) is -1.27. The molecule has 6 heteroatoms. The summed E-state index contributed by atoms with van der Waals surface area (Å²) in [6.45, 7) is -0.234. The van der Waals surface area contributed by atoms with E-state index in [0.717, 1.165) is 6.07 Å². The van der Waals surface area contributed by atoms with E-state index < -0.39 is 11.8 Å². The predicted octanol–water partition coefficient (Wildman–Crippen LogP) is 2.03. The van der Waals surface area contributed by atoms with Crippen molar-refractivity contribution in [2.45, 2.75) is 6.61 Å². The fourth-order valence-corrected chi connectivity index (χ4v) is 1.48. The molecule has 0 saturated carbocycles. The number of nitrogens with zero attached hydrogens (tertiary/aromatic N) is 2. The Hall–Kier alpha value is -2.94. The number of nitriles is 1. The molecule has 5 nitrogen and oxygen atoms in total. The molecule has 0 amide bonds. The molecule has 0 atom stereocenters. The van der Waals surface area contributed by atoms with Gasteiger partial charge in [-0.05, 0) is 24.3 Å². The van der Waals surface area contributed by atoms with Gasteiger partial charge in [-0.15, -0.1) is 0 Å². The number of nitrogens with two attached hydrogens (primary N) is 1. The minimum atomic E-state index is -0.672. The number of carbonyl (C=O) groups excluding carboxylic acids is 1. The molecule has 0 unspecified atom stereocenters. The molecular formula is C14H10FN3O2. The summed E-state index contributed by atoms with van der Waals surface area (Å²) in [7, 11) is 0. The molecular weight excluding hydrogens is 261 g/mol. The minimum absolute atomic E-state index is 0.0910. The first-order chi connectivity index (χ1) is 9.60. The van der Waals surface area contributed by atoms with E-state index in [4.69, 9.17) is 15.7 Å². The summed E-state index contributed by atoms with van der Waals surface area (Å²) in [5.41, 5.74) is 6.36. The Kier molecular flexibility index (Phi) is 3.91. The number of halogens is 1. The lowest BCUT2D eigenvalue weighted by molar-refractivity contribution is 0.0462. The Balaban J connectivity index is 2.04. The molecule has 1 heterocycles. The first kappa shape index (κ1) is 13.5. The Bertz CT molecular complexity index is 678. The van der Waals surface area contributed by atoms with E-state index in [2.05, 4.69) is 4.98 Å². The first-order valence-corrected chi connectivity index (χ1v) is 5.67. The number of benzene rings is 1. The highest BCUT2D eigenvalue weighted by Crippen LogP contribution is 2.12. The highest BCUT2D eigenvalue weighted by atomic mass is 19.1. The van der Waals surface area contributed by atoms with E-state index in [-0.39, 0.29) is 23.4 Å². The maximum Gasteiger partial charge on any atom is 0.357 e. The third-order valence-electron chi connectivity index (χ3n) is 2.54. The fraction of sp³-hybridized carbons (Fsp3) is 0.0714. The van der Waals surface area contributed by atoms with Crippen molar-refractivity contribution in [1.29, 1.82) is 5.26 Å². The van der Waals surface area contributed by atoms with Gasteiger partial charge in [-0.25, -0.2) is 14.2 Å². The van der Waals surface area contributed by atoms with Crippen LogP contribution in [0.1, 0.15) is 21.6 Å². The second-order valence-corrected chi connectivity index (χ2v) is 3.97. The van der Waals surface area contributed by atoms with Crippen molar-refractivity contribution in [3.8, 4) is 6.07 Å². The number of hydrogen-bond donors (Lipinski definition) is 1. The molecule has 0 radical (unpaired) electrons. The summed E-state index contributed by atoms with van der Waals surface area (Å²) < 4.78 is 18.5. The largest absolute Gasteiger partial charge is 0.456 e. The fourth-order valence-electron chi connectivity index (χ4n) is 1.48. The van der Waals surface area contributed by atoms with Crippen LogP contribution in [0.15, 0.2) is 36.5 Å². The average molecular weight is 271 g/mol. The van der Waals surface area contributed by atoms with Crippen molar-refractivity contribution in [2.24, 2.45) is 0 Å². The topological polar surface area (TPSA) is 89.0 Å². The van der Waals surface area contributed by atoms with Crippen LogP contribution in [0.25, 0.3) is 0 Å². The number of aromatic nitrogens is 1. The highest BCUT2D eigenvalue weighted by Gasteiger charge is 2.11. The number of carbonyl (C=O) groups is 1. The zero-order valence-electron chi connectivity index (χ0n) is 10.3. The number of hydrogen-bond acceptors (Lipinski definition) is 5. The van der Waals surface area contributed by atoms with Gasteiger partial charge in [0.05, 0.1) is 23.5 Å². The van der Waals surface area contributed by atoms with E-state index in [9.17, 15) is 9.18 Å². The molecule has 2 aromatic rings. The number of esters is 1. The Morgan fingerprint density at radius 3 is 2.80 bits per heavy atom. The Labute approximate surface area is 114 Å². The van der Waals surface area contributed by atoms with Crippen LogP contribution < -0.4 is 5.73 Å². The van der Waals surface area contributed by atoms with Crippen LogP contribution in [0, 0.1) is 17.1 Å². The van der Waals surface area contributed by atoms with Crippen LogP contribution in [0.5, 0.6) is 0 Å². The van der Waals surface area contributed by atoms with Crippen LogP contribution in [-0.2, 0) is 11.3 Å². The van der Waals surface area contributed by atoms with Gasteiger partial charge in [0.15, 0.2) is 0 Å². The van der Waals surface area contributed by atoms with Crippen molar-refractivity contribution in [2.75, 3.05) is 5.73 Å². The maximum absolute atomic E-state index is 13.6. The summed E-state index contributed by atoms with van der Waals surface area (Å²) in [6, 6.07) is 8.70. The van der Waals surface area contributed by atoms with Gasteiger partial charge in [0.25, 0.3) is 0 Å². The van der Waals surface area contributed by atoms with Gasteiger partial charge in [0.2, 0.25) is 0 Å². The van der Waals surface area contributed by atoms with Crippen molar-refractivity contribution >= 4 is 11.7 Å². The standard InChI is InChI=1S/C14H10FN3O2/c15-12-5-9(6-16)1-2-10(12)8-20-14(19)13-4-3-11(17)7-18-13/h1-5,7H,8,17H2.